The lowest BCUT2D eigenvalue weighted by Crippen LogP contribution is -2.60. The van der Waals surface area contributed by atoms with Crippen LogP contribution in [-0.2, 0) is 4.74 Å². The molecule has 1 aromatic rings. The van der Waals surface area contributed by atoms with Gasteiger partial charge in [-0.15, -0.1) is 0 Å². The van der Waals surface area contributed by atoms with Crippen LogP contribution in [0.25, 0.3) is 0 Å². The molecule has 3 rings (SSSR count). The van der Waals surface area contributed by atoms with Crippen molar-refractivity contribution in [3.05, 3.63) is 23.0 Å². The van der Waals surface area contributed by atoms with Crippen LogP contribution < -0.4 is 5.32 Å². The van der Waals surface area contributed by atoms with Crippen LogP contribution in [0.4, 0.5) is 5.69 Å². The first-order valence-electron chi connectivity index (χ1n) is 7.66. The van der Waals surface area contributed by atoms with Gasteiger partial charge < -0.3 is 10.1 Å². The summed E-state index contributed by atoms with van der Waals surface area (Å²) in [6.45, 7) is 4.94. The number of aryl methyl sites for hydroxylation is 1. The summed E-state index contributed by atoms with van der Waals surface area (Å²) in [7, 11) is 0. The number of hydrogen-bond acceptors (Lipinski definition) is 3. The van der Waals surface area contributed by atoms with Crippen LogP contribution in [0, 0.1) is 12.3 Å². The van der Waals surface area contributed by atoms with Crippen LogP contribution in [0.5, 0.6) is 0 Å². The Morgan fingerprint density at radius 1 is 1.45 bits per heavy atom. The first-order valence-corrected chi connectivity index (χ1v) is 8.04. The van der Waals surface area contributed by atoms with Gasteiger partial charge >= 0.3 is 0 Å². The van der Waals surface area contributed by atoms with E-state index in [1.807, 2.05) is 13.1 Å². The number of nitrogens with one attached hydrogen (secondary N) is 1. The van der Waals surface area contributed by atoms with Crippen LogP contribution in [0.3, 0.4) is 0 Å². The highest BCUT2D eigenvalue weighted by atomic mass is 35.5. The fourth-order valence-electron chi connectivity index (χ4n) is 3.93. The number of hydrogen-bond donors (Lipinski definition) is 1. The second-order valence-electron chi connectivity index (χ2n) is 6.17. The van der Waals surface area contributed by atoms with E-state index in [1.54, 1.807) is 0 Å². The van der Waals surface area contributed by atoms with E-state index in [1.165, 1.54) is 25.7 Å². The van der Waals surface area contributed by atoms with E-state index in [-0.39, 0.29) is 0 Å². The lowest BCUT2D eigenvalue weighted by atomic mass is 9.60. The predicted molar refractivity (Wildman–Crippen MR) is 82.3 cm³/mol. The standard InChI is InChI=1S/C16H23ClN2O/c1-3-20-14-9-13(16(14)6-4-5-7-16)19-12-8-11(2)10-18-15(12)17/h8,10,13-14,19H,3-7,9H2,1-2H3. The van der Waals surface area contributed by atoms with Gasteiger partial charge in [-0.2, -0.15) is 0 Å². The van der Waals surface area contributed by atoms with E-state index in [9.17, 15) is 0 Å². The van der Waals surface area contributed by atoms with Crippen molar-refractivity contribution in [3.8, 4) is 0 Å². The second kappa shape index (κ2) is 5.53. The quantitative estimate of drug-likeness (QED) is 0.845. The Morgan fingerprint density at radius 2 is 2.20 bits per heavy atom. The molecule has 2 aliphatic rings. The first kappa shape index (κ1) is 14.2. The maximum Gasteiger partial charge on any atom is 0.152 e. The third kappa shape index (κ3) is 2.31. The molecule has 110 valence electrons. The van der Waals surface area contributed by atoms with Gasteiger partial charge in [-0.3, -0.25) is 0 Å². The molecule has 20 heavy (non-hydrogen) atoms. The summed E-state index contributed by atoms with van der Waals surface area (Å²) in [5.74, 6) is 0. The molecule has 0 bridgehead atoms. The number of ether oxygens (including phenoxy) is 1. The molecule has 0 saturated heterocycles. The second-order valence-corrected chi connectivity index (χ2v) is 6.53. The molecule has 1 spiro atoms. The SMILES string of the molecule is CCOC1CC(Nc2cc(C)cnc2Cl)C12CCCC2. The van der Waals surface area contributed by atoms with Gasteiger partial charge in [0.15, 0.2) is 5.15 Å². The first-order chi connectivity index (χ1) is 9.65. The molecule has 0 aliphatic heterocycles. The topological polar surface area (TPSA) is 34.1 Å². The molecule has 4 heteroatoms. The molecule has 2 fully saturated rings. The number of halogens is 1. The van der Waals surface area contributed by atoms with Gasteiger partial charge in [-0.1, -0.05) is 24.4 Å². The number of rotatable bonds is 4. The normalized spacial score (nSPS) is 27.6. The van der Waals surface area contributed by atoms with Gasteiger partial charge in [0.25, 0.3) is 0 Å². The van der Waals surface area contributed by atoms with Gasteiger partial charge in [0.1, 0.15) is 0 Å². The predicted octanol–water partition coefficient (Wildman–Crippen LogP) is 4.19. The third-order valence-electron chi connectivity index (χ3n) is 4.99. The van der Waals surface area contributed by atoms with Crippen molar-refractivity contribution < 1.29 is 4.74 Å². The Bertz CT molecular complexity index is 485. The van der Waals surface area contributed by atoms with Crippen molar-refractivity contribution in [2.24, 2.45) is 5.41 Å². The molecular weight excluding hydrogens is 272 g/mol. The summed E-state index contributed by atoms with van der Waals surface area (Å²) in [5.41, 5.74) is 2.43. The lowest BCUT2D eigenvalue weighted by Gasteiger charge is -2.54. The molecule has 0 aromatic carbocycles. The smallest absolute Gasteiger partial charge is 0.152 e. The third-order valence-corrected chi connectivity index (χ3v) is 5.29. The molecule has 2 aliphatic carbocycles. The highest BCUT2D eigenvalue weighted by Crippen LogP contribution is 2.55. The summed E-state index contributed by atoms with van der Waals surface area (Å²) >= 11 is 6.21. The molecule has 1 heterocycles. The van der Waals surface area contributed by atoms with E-state index in [0.717, 1.165) is 24.3 Å². The maximum atomic E-state index is 6.21. The Hall–Kier alpha value is -0.800. The molecule has 1 aromatic heterocycles. The van der Waals surface area contributed by atoms with E-state index in [2.05, 4.69) is 23.3 Å². The summed E-state index contributed by atoms with van der Waals surface area (Å²) < 4.78 is 5.95. The molecule has 2 saturated carbocycles. The Labute approximate surface area is 126 Å². The summed E-state index contributed by atoms with van der Waals surface area (Å²) in [5, 5.41) is 4.21. The average molecular weight is 295 g/mol. The Kier molecular flexibility index (Phi) is 3.91. The van der Waals surface area contributed by atoms with Gasteiger partial charge in [0.2, 0.25) is 0 Å². The lowest BCUT2D eigenvalue weighted by molar-refractivity contribution is -0.114. The minimum Gasteiger partial charge on any atom is -0.379 e. The van der Waals surface area contributed by atoms with Crippen molar-refractivity contribution in [3.63, 3.8) is 0 Å². The Balaban J connectivity index is 1.76. The van der Waals surface area contributed by atoms with Crippen LogP contribution >= 0.6 is 11.6 Å². The van der Waals surface area contributed by atoms with Gasteiger partial charge in [0.05, 0.1) is 11.8 Å². The Morgan fingerprint density at radius 3 is 2.90 bits per heavy atom. The molecular formula is C16H23ClN2O. The molecule has 0 radical (unpaired) electrons. The van der Waals surface area contributed by atoms with E-state index < -0.39 is 0 Å². The summed E-state index contributed by atoms with van der Waals surface area (Å²) in [4.78, 5) is 4.23. The fraction of sp³-hybridized carbons (Fsp3) is 0.688. The molecule has 2 unspecified atom stereocenters. The zero-order chi connectivity index (χ0) is 14.2. The monoisotopic (exact) mass is 294 g/mol. The van der Waals surface area contributed by atoms with Gasteiger partial charge in [-0.05, 0) is 44.7 Å². The largest absolute Gasteiger partial charge is 0.379 e. The van der Waals surface area contributed by atoms with E-state index >= 15 is 0 Å². The van der Waals surface area contributed by atoms with Crippen LogP contribution in [0.2, 0.25) is 5.15 Å². The highest BCUT2D eigenvalue weighted by Gasteiger charge is 2.56. The van der Waals surface area contributed by atoms with Crippen LogP contribution in [0.15, 0.2) is 12.3 Å². The zero-order valence-electron chi connectivity index (χ0n) is 12.3. The summed E-state index contributed by atoms with van der Waals surface area (Å²) in [6.07, 6.45) is 8.49. The molecule has 2 atom stereocenters. The maximum absolute atomic E-state index is 6.21. The molecule has 0 amide bonds. The number of anilines is 1. The fourth-order valence-corrected chi connectivity index (χ4v) is 4.09. The van der Waals surface area contributed by atoms with Gasteiger partial charge in [0, 0.05) is 24.3 Å². The number of pyridine rings is 1. The minimum atomic E-state index is 0.323. The van der Waals surface area contributed by atoms with Gasteiger partial charge in [-0.25, -0.2) is 4.98 Å². The van der Waals surface area contributed by atoms with E-state index in [0.29, 0.717) is 22.7 Å². The van der Waals surface area contributed by atoms with Crippen molar-refractivity contribution in [2.45, 2.75) is 58.1 Å². The zero-order valence-corrected chi connectivity index (χ0v) is 13.0. The van der Waals surface area contributed by atoms with Crippen molar-refractivity contribution >= 4 is 17.3 Å². The van der Waals surface area contributed by atoms with Crippen molar-refractivity contribution in [1.82, 2.24) is 4.98 Å². The number of aromatic nitrogens is 1. The molecule has 3 nitrogen and oxygen atoms in total. The average Bonchev–Trinajstić information content (AvgIpc) is 2.94. The van der Waals surface area contributed by atoms with E-state index in [4.69, 9.17) is 16.3 Å². The summed E-state index contributed by atoms with van der Waals surface area (Å²) in [6, 6.07) is 2.56. The van der Waals surface area contributed by atoms with Crippen LogP contribution in [-0.4, -0.2) is 23.7 Å². The van der Waals surface area contributed by atoms with Crippen molar-refractivity contribution in [1.29, 1.82) is 0 Å². The molecule has 1 N–H and O–H groups in total. The minimum absolute atomic E-state index is 0.323. The van der Waals surface area contributed by atoms with Crippen LogP contribution in [0.1, 0.15) is 44.6 Å². The van der Waals surface area contributed by atoms with Crippen molar-refractivity contribution in [2.75, 3.05) is 11.9 Å². The highest BCUT2D eigenvalue weighted by molar-refractivity contribution is 6.32. The number of nitrogens with zero attached hydrogens (tertiary/aromatic N) is 1.